The molecule has 0 spiro atoms. The molecule has 3 aromatic rings. The summed E-state index contributed by atoms with van der Waals surface area (Å²) in [5.74, 6) is 0.662. The molecule has 0 saturated heterocycles. The summed E-state index contributed by atoms with van der Waals surface area (Å²) in [7, 11) is 0. The second-order valence-corrected chi connectivity index (χ2v) is 11.7. The number of hydrogen-bond acceptors (Lipinski definition) is 3. The van der Waals surface area contributed by atoms with Crippen LogP contribution in [0.1, 0.15) is 118 Å². The van der Waals surface area contributed by atoms with Gasteiger partial charge in [0.15, 0.2) is 5.78 Å². The Bertz CT molecular complexity index is 1350. The highest BCUT2D eigenvalue weighted by molar-refractivity contribution is 5.98. The van der Waals surface area contributed by atoms with Crippen molar-refractivity contribution < 1.29 is 9.18 Å². The van der Waals surface area contributed by atoms with Crippen LogP contribution in [0.4, 0.5) is 4.39 Å². The van der Waals surface area contributed by atoms with E-state index in [0.29, 0.717) is 23.4 Å². The largest absolute Gasteiger partial charge is 0.294 e. The van der Waals surface area contributed by atoms with Crippen molar-refractivity contribution in [3.05, 3.63) is 88.3 Å². The molecule has 2 aromatic carbocycles. The van der Waals surface area contributed by atoms with Gasteiger partial charge in [-0.25, -0.2) is 14.4 Å². The number of aromatic nitrogens is 2. The fourth-order valence-electron chi connectivity index (χ4n) is 6.22. The number of carbonyl (C=O) groups excluding carboxylic acids is 1. The first-order valence-corrected chi connectivity index (χ1v) is 14.9. The van der Waals surface area contributed by atoms with E-state index < -0.39 is 0 Å². The maximum atomic E-state index is 14.8. The Morgan fingerprint density at radius 2 is 1.77 bits per heavy atom. The smallest absolute Gasteiger partial charge is 0.165 e. The lowest BCUT2D eigenvalue weighted by atomic mass is 9.85. The second kappa shape index (κ2) is 11.9. The lowest BCUT2D eigenvalue weighted by Gasteiger charge is -2.20. The molecular weight excluding hydrogens is 483 g/mol. The van der Waals surface area contributed by atoms with Gasteiger partial charge in [0.25, 0.3) is 0 Å². The average Bonchev–Trinajstić information content (AvgIpc) is 3.76. The number of hydrogen-bond donors (Lipinski definition) is 0. The van der Waals surface area contributed by atoms with Gasteiger partial charge in [0.05, 0.1) is 0 Å². The van der Waals surface area contributed by atoms with Gasteiger partial charge >= 0.3 is 0 Å². The van der Waals surface area contributed by atoms with Gasteiger partial charge in [-0.1, -0.05) is 63.5 Å². The van der Waals surface area contributed by atoms with Gasteiger partial charge in [0.2, 0.25) is 0 Å². The van der Waals surface area contributed by atoms with Crippen molar-refractivity contribution in [2.24, 2.45) is 5.92 Å². The Labute approximate surface area is 233 Å². The minimum absolute atomic E-state index is 0.0183. The van der Waals surface area contributed by atoms with Crippen molar-refractivity contribution in [3.8, 4) is 11.1 Å². The van der Waals surface area contributed by atoms with Crippen LogP contribution in [0.5, 0.6) is 0 Å². The monoisotopic (exact) mass is 524 g/mol. The van der Waals surface area contributed by atoms with E-state index in [4.69, 9.17) is 0 Å². The first-order chi connectivity index (χ1) is 18.9. The Hall–Kier alpha value is -3.14. The number of Topliss-reactive ketones (excluding diaryl/α,β-unsaturated/α-hetero) is 1. The summed E-state index contributed by atoms with van der Waals surface area (Å²) in [6.07, 6.45) is 17.7. The summed E-state index contributed by atoms with van der Waals surface area (Å²) in [6.45, 7) is 6.39. The molecule has 1 unspecified atom stereocenters. The Balaban J connectivity index is 1.41. The lowest BCUT2D eigenvalue weighted by Crippen LogP contribution is -2.15. The molecule has 4 heteroatoms. The molecule has 2 saturated carbocycles. The first-order valence-electron chi connectivity index (χ1n) is 14.9. The molecule has 1 heterocycles. The number of nitrogens with zero attached hydrogens (tertiary/aromatic N) is 2. The molecule has 204 valence electrons. The third kappa shape index (κ3) is 6.21. The molecule has 1 aromatic heterocycles. The molecule has 2 fully saturated rings. The Morgan fingerprint density at radius 3 is 2.44 bits per heavy atom. The number of benzene rings is 2. The number of ketones is 1. The van der Waals surface area contributed by atoms with Gasteiger partial charge in [-0.05, 0) is 91.7 Å². The molecule has 0 N–H and O–H groups in total. The summed E-state index contributed by atoms with van der Waals surface area (Å²) >= 11 is 0. The van der Waals surface area contributed by atoms with Crippen LogP contribution in [-0.2, 0) is 11.8 Å². The van der Waals surface area contributed by atoms with Gasteiger partial charge in [-0.3, -0.25) is 4.79 Å². The van der Waals surface area contributed by atoms with Gasteiger partial charge in [-0.2, -0.15) is 0 Å². The molecule has 0 amide bonds. The third-order valence-corrected chi connectivity index (χ3v) is 8.88. The predicted molar refractivity (Wildman–Crippen MR) is 157 cm³/mol. The number of carbonyl (C=O) groups is 1. The summed E-state index contributed by atoms with van der Waals surface area (Å²) < 4.78 is 14.8. The normalized spacial score (nSPS) is 17.1. The lowest BCUT2D eigenvalue weighted by molar-refractivity contribution is 0.0923. The second-order valence-electron chi connectivity index (χ2n) is 11.7. The summed E-state index contributed by atoms with van der Waals surface area (Å²) in [6, 6.07) is 11.6. The van der Waals surface area contributed by atoms with Gasteiger partial charge in [0.1, 0.15) is 11.6 Å². The maximum absolute atomic E-state index is 14.8. The van der Waals surface area contributed by atoms with Crippen LogP contribution in [0.15, 0.2) is 54.4 Å². The molecule has 2 aliphatic carbocycles. The van der Waals surface area contributed by atoms with E-state index in [9.17, 15) is 9.18 Å². The zero-order chi connectivity index (χ0) is 27.4. The molecule has 0 radical (unpaired) electrons. The van der Waals surface area contributed by atoms with Crippen LogP contribution >= 0.6 is 0 Å². The average molecular weight is 525 g/mol. The highest BCUT2D eigenvalue weighted by Gasteiger charge is 2.43. The number of rotatable bonds is 10. The van der Waals surface area contributed by atoms with Crippen LogP contribution in [0.25, 0.3) is 17.2 Å². The molecular formula is C35H41FN2O. The highest BCUT2D eigenvalue weighted by atomic mass is 19.1. The van der Waals surface area contributed by atoms with Crippen molar-refractivity contribution in [2.75, 3.05) is 0 Å². The molecule has 1 atom stereocenters. The standard InChI is InChI=1S/C35H41FN2O/c1-4-9-24(3)34(39)27-13-14-31(35(5-2)16-17-35)28(20-27)21-33-37-22-29(23-38-33)30-19-26(12-15-32(30)36)18-25-10-7-6-8-11-25/h12-15,18-20,22-24H,4-11,16-17,21H2,1-3H3. The molecule has 39 heavy (non-hydrogen) atoms. The van der Waals surface area contributed by atoms with E-state index in [0.717, 1.165) is 48.8 Å². The SMILES string of the molecule is CCCC(C)C(=O)c1ccc(C2(CC)CC2)c(Cc2ncc(-c3cc(C=C4CCCCC4)ccc3F)cn2)c1. The van der Waals surface area contributed by atoms with Gasteiger partial charge in [0, 0.05) is 41.4 Å². The van der Waals surface area contributed by atoms with E-state index >= 15 is 0 Å². The van der Waals surface area contributed by atoms with E-state index in [-0.39, 0.29) is 22.9 Å². The van der Waals surface area contributed by atoms with Crippen molar-refractivity contribution in [1.29, 1.82) is 0 Å². The Kier molecular flexibility index (Phi) is 8.40. The van der Waals surface area contributed by atoms with E-state index in [1.165, 1.54) is 43.2 Å². The zero-order valence-corrected chi connectivity index (χ0v) is 23.7. The number of halogens is 1. The maximum Gasteiger partial charge on any atom is 0.165 e. The van der Waals surface area contributed by atoms with Crippen LogP contribution in [0, 0.1) is 11.7 Å². The van der Waals surface area contributed by atoms with Crippen molar-refractivity contribution in [3.63, 3.8) is 0 Å². The van der Waals surface area contributed by atoms with Crippen molar-refractivity contribution >= 4 is 11.9 Å². The summed E-state index contributed by atoms with van der Waals surface area (Å²) in [4.78, 5) is 22.4. The predicted octanol–water partition coefficient (Wildman–Crippen LogP) is 9.28. The fourth-order valence-corrected chi connectivity index (χ4v) is 6.22. The third-order valence-electron chi connectivity index (χ3n) is 8.88. The van der Waals surface area contributed by atoms with E-state index in [1.54, 1.807) is 18.5 Å². The zero-order valence-electron chi connectivity index (χ0n) is 23.7. The first kappa shape index (κ1) is 27.4. The summed E-state index contributed by atoms with van der Waals surface area (Å²) in [5, 5.41) is 0. The van der Waals surface area contributed by atoms with Crippen LogP contribution in [0.3, 0.4) is 0 Å². The minimum atomic E-state index is -0.259. The van der Waals surface area contributed by atoms with E-state index in [1.807, 2.05) is 25.1 Å². The fraction of sp³-hybridized carbons (Fsp3) is 0.457. The van der Waals surface area contributed by atoms with E-state index in [2.05, 4.69) is 42.0 Å². The highest BCUT2D eigenvalue weighted by Crippen LogP contribution is 2.52. The topological polar surface area (TPSA) is 42.9 Å². The molecule has 2 aliphatic rings. The summed E-state index contributed by atoms with van der Waals surface area (Å²) in [5.41, 5.74) is 7.16. The molecule has 0 bridgehead atoms. The quantitative estimate of drug-likeness (QED) is 0.248. The van der Waals surface area contributed by atoms with Crippen LogP contribution in [0.2, 0.25) is 0 Å². The molecule has 3 nitrogen and oxygen atoms in total. The molecule has 5 rings (SSSR count). The molecule has 0 aliphatic heterocycles. The van der Waals surface area contributed by atoms with Crippen LogP contribution in [-0.4, -0.2) is 15.8 Å². The van der Waals surface area contributed by atoms with Crippen molar-refractivity contribution in [1.82, 2.24) is 9.97 Å². The number of allylic oxidation sites excluding steroid dienone is 1. The van der Waals surface area contributed by atoms with Gasteiger partial charge < -0.3 is 0 Å². The minimum Gasteiger partial charge on any atom is -0.294 e. The Morgan fingerprint density at radius 1 is 1.03 bits per heavy atom. The van der Waals surface area contributed by atoms with Crippen molar-refractivity contribution in [2.45, 2.75) is 96.8 Å². The van der Waals surface area contributed by atoms with Gasteiger partial charge in [-0.15, -0.1) is 0 Å². The van der Waals surface area contributed by atoms with Crippen LogP contribution < -0.4 is 0 Å².